The summed E-state index contributed by atoms with van der Waals surface area (Å²) in [6.45, 7) is 0.805. The van der Waals surface area contributed by atoms with E-state index in [9.17, 15) is 0 Å². The highest BCUT2D eigenvalue weighted by Crippen LogP contribution is 2.23. The molecule has 2 aromatic carbocycles. The fourth-order valence-electron chi connectivity index (χ4n) is 2.37. The molecule has 20 heavy (non-hydrogen) atoms. The third kappa shape index (κ3) is 2.32. The van der Waals surface area contributed by atoms with E-state index < -0.39 is 0 Å². The number of imidazole rings is 1. The van der Waals surface area contributed by atoms with Crippen LogP contribution in [0.15, 0.2) is 48.5 Å². The molecular formula is C16H17N3O. The van der Waals surface area contributed by atoms with E-state index in [0.29, 0.717) is 5.95 Å². The second kappa shape index (κ2) is 5.25. The number of nitrogen functional groups attached to an aromatic ring is 1. The van der Waals surface area contributed by atoms with E-state index in [1.165, 1.54) is 5.56 Å². The van der Waals surface area contributed by atoms with Crippen LogP contribution in [0.2, 0.25) is 0 Å². The van der Waals surface area contributed by atoms with E-state index in [1.54, 1.807) is 7.11 Å². The Labute approximate surface area is 117 Å². The Morgan fingerprint density at radius 1 is 1.15 bits per heavy atom. The van der Waals surface area contributed by atoms with Gasteiger partial charge < -0.3 is 15.0 Å². The molecule has 0 amide bonds. The van der Waals surface area contributed by atoms with Gasteiger partial charge in [-0.3, -0.25) is 0 Å². The molecule has 0 saturated heterocycles. The Morgan fingerprint density at radius 3 is 2.70 bits per heavy atom. The van der Waals surface area contributed by atoms with Gasteiger partial charge in [-0.1, -0.05) is 30.3 Å². The lowest BCUT2D eigenvalue weighted by Gasteiger charge is -2.07. The molecule has 0 saturated carbocycles. The van der Waals surface area contributed by atoms with E-state index >= 15 is 0 Å². The van der Waals surface area contributed by atoms with Crippen molar-refractivity contribution in [1.29, 1.82) is 0 Å². The van der Waals surface area contributed by atoms with Crippen LogP contribution in [-0.4, -0.2) is 16.7 Å². The van der Waals surface area contributed by atoms with E-state index in [4.69, 9.17) is 10.5 Å². The summed E-state index contributed by atoms with van der Waals surface area (Å²) in [6.07, 6.45) is 0.924. The van der Waals surface area contributed by atoms with Crippen molar-refractivity contribution in [3.05, 3.63) is 54.1 Å². The fraction of sp³-hybridized carbons (Fsp3) is 0.188. The molecule has 0 unspecified atom stereocenters. The zero-order valence-electron chi connectivity index (χ0n) is 11.4. The molecule has 102 valence electrons. The molecule has 0 fully saturated rings. The number of nitrogens with zero attached hydrogens (tertiary/aromatic N) is 2. The van der Waals surface area contributed by atoms with Gasteiger partial charge in [0.2, 0.25) is 5.95 Å². The average Bonchev–Trinajstić information content (AvgIpc) is 2.80. The standard InChI is InChI=1S/C16H17N3O/c1-20-13-7-8-14-15(11-13)19(16(17)18-14)10-9-12-5-3-2-4-6-12/h2-8,11H,9-10H2,1H3,(H2,17,18). The van der Waals surface area contributed by atoms with Crippen LogP contribution in [0.5, 0.6) is 5.75 Å². The third-order valence-corrected chi connectivity index (χ3v) is 3.45. The summed E-state index contributed by atoms with van der Waals surface area (Å²) in [5.41, 5.74) is 9.22. The first-order chi connectivity index (χ1) is 9.78. The maximum atomic E-state index is 6.02. The zero-order chi connectivity index (χ0) is 13.9. The highest BCUT2D eigenvalue weighted by molar-refractivity contribution is 5.79. The van der Waals surface area contributed by atoms with Gasteiger partial charge in [-0.05, 0) is 24.1 Å². The second-order valence-corrected chi connectivity index (χ2v) is 4.71. The number of ether oxygens (including phenoxy) is 1. The maximum absolute atomic E-state index is 6.02. The number of nitrogens with two attached hydrogens (primary N) is 1. The normalized spacial score (nSPS) is 10.8. The van der Waals surface area contributed by atoms with E-state index in [2.05, 4.69) is 17.1 Å². The Bertz CT molecular complexity index is 719. The van der Waals surface area contributed by atoms with E-state index in [1.807, 2.05) is 41.0 Å². The lowest BCUT2D eigenvalue weighted by molar-refractivity contribution is 0.415. The molecular weight excluding hydrogens is 250 g/mol. The quantitative estimate of drug-likeness (QED) is 0.790. The molecule has 4 heteroatoms. The van der Waals surface area contributed by atoms with Gasteiger partial charge in [-0.25, -0.2) is 4.98 Å². The molecule has 2 N–H and O–H groups in total. The molecule has 0 aliphatic heterocycles. The van der Waals surface area contributed by atoms with Crippen LogP contribution in [0.1, 0.15) is 5.56 Å². The van der Waals surface area contributed by atoms with Crippen molar-refractivity contribution in [1.82, 2.24) is 9.55 Å². The van der Waals surface area contributed by atoms with E-state index in [-0.39, 0.29) is 0 Å². The van der Waals surface area contributed by atoms with Crippen molar-refractivity contribution in [3.8, 4) is 5.75 Å². The third-order valence-electron chi connectivity index (χ3n) is 3.45. The average molecular weight is 267 g/mol. The monoisotopic (exact) mass is 267 g/mol. The zero-order valence-corrected chi connectivity index (χ0v) is 11.4. The van der Waals surface area contributed by atoms with Crippen LogP contribution in [-0.2, 0) is 13.0 Å². The van der Waals surface area contributed by atoms with E-state index in [0.717, 1.165) is 29.7 Å². The van der Waals surface area contributed by atoms with Gasteiger partial charge in [-0.2, -0.15) is 0 Å². The second-order valence-electron chi connectivity index (χ2n) is 4.71. The number of hydrogen-bond acceptors (Lipinski definition) is 3. The molecule has 1 aromatic heterocycles. The van der Waals surface area contributed by atoms with Crippen LogP contribution < -0.4 is 10.5 Å². The highest BCUT2D eigenvalue weighted by Gasteiger charge is 2.09. The minimum atomic E-state index is 0.546. The van der Waals surface area contributed by atoms with Crippen molar-refractivity contribution in [3.63, 3.8) is 0 Å². The molecule has 3 aromatic rings. The summed E-state index contributed by atoms with van der Waals surface area (Å²) in [7, 11) is 1.66. The molecule has 0 aliphatic carbocycles. The van der Waals surface area contributed by atoms with Gasteiger partial charge in [0.25, 0.3) is 0 Å². The molecule has 0 atom stereocenters. The number of anilines is 1. The summed E-state index contributed by atoms with van der Waals surface area (Å²) in [4.78, 5) is 4.39. The molecule has 4 nitrogen and oxygen atoms in total. The van der Waals surface area contributed by atoms with Gasteiger partial charge in [0, 0.05) is 12.6 Å². The number of hydrogen-bond donors (Lipinski definition) is 1. The number of benzene rings is 2. The summed E-state index contributed by atoms with van der Waals surface area (Å²) in [5, 5.41) is 0. The number of aromatic nitrogens is 2. The first-order valence-electron chi connectivity index (χ1n) is 6.61. The number of aryl methyl sites for hydroxylation is 2. The van der Waals surface area contributed by atoms with Crippen LogP contribution in [0.25, 0.3) is 11.0 Å². The largest absolute Gasteiger partial charge is 0.497 e. The lowest BCUT2D eigenvalue weighted by Crippen LogP contribution is -2.05. The molecule has 0 aliphatic rings. The molecule has 1 heterocycles. The number of methoxy groups -OCH3 is 1. The summed E-state index contributed by atoms with van der Waals surface area (Å²) in [5.74, 6) is 1.36. The molecule has 0 radical (unpaired) electrons. The first kappa shape index (κ1) is 12.5. The van der Waals surface area contributed by atoms with Gasteiger partial charge in [0.05, 0.1) is 18.1 Å². The Morgan fingerprint density at radius 2 is 1.95 bits per heavy atom. The van der Waals surface area contributed by atoms with Gasteiger partial charge in [0.15, 0.2) is 0 Å². The van der Waals surface area contributed by atoms with Crippen molar-refractivity contribution >= 4 is 17.0 Å². The molecule has 3 rings (SSSR count). The number of fused-ring (bicyclic) bond motifs is 1. The van der Waals surface area contributed by atoms with Crippen molar-refractivity contribution < 1.29 is 4.74 Å². The summed E-state index contributed by atoms with van der Waals surface area (Å²) >= 11 is 0. The Kier molecular flexibility index (Phi) is 3.29. The number of rotatable bonds is 4. The fourth-order valence-corrected chi connectivity index (χ4v) is 2.37. The first-order valence-corrected chi connectivity index (χ1v) is 6.61. The van der Waals surface area contributed by atoms with Gasteiger partial charge in [-0.15, -0.1) is 0 Å². The minimum Gasteiger partial charge on any atom is -0.497 e. The highest BCUT2D eigenvalue weighted by atomic mass is 16.5. The van der Waals surface area contributed by atoms with Crippen molar-refractivity contribution in [2.75, 3.05) is 12.8 Å². The minimum absolute atomic E-state index is 0.546. The topological polar surface area (TPSA) is 53.1 Å². The van der Waals surface area contributed by atoms with Gasteiger partial charge >= 0.3 is 0 Å². The van der Waals surface area contributed by atoms with Crippen LogP contribution >= 0.6 is 0 Å². The van der Waals surface area contributed by atoms with Crippen LogP contribution in [0.4, 0.5) is 5.95 Å². The molecule has 0 spiro atoms. The SMILES string of the molecule is COc1ccc2nc(N)n(CCc3ccccc3)c2c1. The van der Waals surface area contributed by atoms with Gasteiger partial charge in [0.1, 0.15) is 5.75 Å². The predicted molar refractivity (Wildman–Crippen MR) is 80.8 cm³/mol. The lowest BCUT2D eigenvalue weighted by atomic mass is 10.1. The Hall–Kier alpha value is -2.49. The van der Waals surface area contributed by atoms with Crippen molar-refractivity contribution in [2.24, 2.45) is 0 Å². The van der Waals surface area contributed by atoms with Crippen LogP contribution in [0, 0.1) is 0 Å². The van der Waals surface area contributed by atoms with Crippen LogP contribution in [0.3, 0.4) is 0 Å². The summed E-state index contributed by atoms with van der Waals surface area (Å²) in [6, 6.07) is 16.2. The predicted octanol–water partition coefficient (Wildman–Crippen LogP) is 2.87. The smallest absolute Gasteiger partial charge is 0.201 e. The Balaban J connectivity index is 1.92. The summed E-state index contributed by atoms with van der Waals surface area (Å²) < 4.78 is 7.30. The van der Waals surface area contributed by atoms with Crippen molar-refractivity contribution in [2.45, 2.75) is 13.0 Å². The maximum Gasteiger partial charge on any atom is 0.201 e. The molecule has 0 bridgehead atoms.